The fraction of sp³-hybridized carbons (Fsp3) is 0. The van der Waals surface area contributed by atoms with E-state index in [2.05, 4.69) is 20.7 Å². The first-order valence-electron chi connectivity index (χ1n) is 8.96. The van der Waals surface area contributed by atoms with Crippen molar-refractivity contribution in [3.8, 4) is 5.69 Å². The molecule has 0 atom stereocenters. The van der Waals surface area contributed by atoms with Gasteiger partial charge in [0.1, 0.15) is 0 Å². The predicted octanol–water partition coefficient (Wildman–Crippen LogP) is 3.77. The Morgan fingerprint density at radius 2 is 1.14 bits per heavy atom. The molecule has 0 spiro atoms. The van der Waals surface area contributed by atoms with E-state index in [9.17, 15) is 9.59 Å². The van der Waals surface area contributed by atoms with Crippen molar-refractivity contribution >= 4 is 23.7 Å². The maximum atomic E-state index is 12.6. The molecule has 0 aliphatic carbocycles. The van der Waals surface area contributed by atoms with Crippen molar-refractivity contribution in [2.45, 2.75) is 0 Å². The Bertz CT molecular complexity index is 1130. The standard InChI is InChI=1S/C22H17N5O2/c28-19(16-10-4-1-5-11-16)23-21-25-22(24-20(29)17-12-6-2-7-13-17)27(26-21)18-14-8-3-9-15-18/h1-15H,(H2,23,24,25,26,28,29). The summed E-state index contributed by atoms with van der Waals surface area (Å²) in [5.74, 6) is -0.368. The molecule has 7 nitrogen and oxygen atoms in total. The second kappa shape index (κ2) is 8.18. The molecule has 3 aromatic carbocycles. The van der Waals surface area contributed by atoms with E-state index in [0.29, 0.717) is 16.8 Å². The highest BCUT2D eigenvalue weighted by Gasteiger charge is 2.17. The predicted molar refractivity (Wildman–Crippen MR) is 110 cm³/mol. The minimum atomic E-state index is -0.336. The van der Waals surface area contributed by atoms with Crippen LogP contribution in [0.1, 0.15) is 20.7 Å². The van der Waals surface area contributed by atoms with Crippen LogP contribution in [0.4, 0.5) is 11.9 Å². The fourth-order valence-electron chi connectivity index (χ4n) is 2.72. The van der Waals surface area contributed by atoms with Crippen LogP contribution in [0.2, 0.25) is 0 Å². The molecule has 0 saturated heterocycles. The number of carbonyl (C=O) groups excluding carboxylic acids is 2. The molecule has 0 radical (unpaired) electrons. The normalized spacial score (nSPS) is 10.3. The summed E-state index contributed by atoms with van der Waals surface area (Å²) in [6, 6.07) is 26.8. The van der Waals surface area contributed by atoms with Crippen LogP contribution in [0.3, 0.4) is 0 Å². The number of benzene rings is 3. The lowest BCUT2D eigenvalue weighted by Crippen LogP contribution is -2.15. The Labute approximate surface area is 167 Å². The summed E-state index contributed by atoms with van der Waals surface area (Å²) >= 11 is 0. The van der Waals surface area contributed by atoms with Crippen molar-refractivity contribution < 1.29 is 9.59 Å². The lowest BCUT2D eigenvalue weighted by atomic mass is 10.2. The third-order valence-electron chi connectivity index (χ3n) is 4.13. The van der Waals surface area contributed by atoms with Crippen LogP contribution in [0, 0.1) is 0 Å². The molecule has 1 aromatic heterocycles. The number of rotatable bonds is 5. The highest BCUT2D eigenvalue weighted by molar-refractivity contribution is 6.04. The molecule has 4 aromatic rings. The lowest BCUT2D eigenvalue weighted by Gasteiger charge is -2.06. The van der Waals surface area contributed by atoms with Gasteiger partial charge in [-0.25, -0.2) is 0 Å². The van der Waals surface area contributed by atoms with E-state index in [-0.39, 0.29) is 23.7 Å². The summed E-state index contributed by atoms with van der Waals surface area (Å²) in [6.45, 7) is 0. The molecular formula is C22H17N5O2. The van der Waals surface area contributed by atoms with Gasteiger partial charge in [-0.3, -0.25) is 20.2 Å². The SMILES string of the molecule is O=C(Nc1nc(NC(=O)c2ccccc2)n(-c2ccccc2)n1)c1ccccc1. The first kappa shape index (κ1) is 18.1. The van der Waals surface area contributed by atoms with Crippen molar-refractivity contribution in [3.63, 3.8) is 0 Å². The minimum absolute atomic E-state index is 0.0890. The first-order chi connectivity index (χ1) is 14.2. The van der Waals surface area contributed by atoms with Crippen molar-refractivity contribution in [1.29, 1.82) is 0 Å². The van der Waals surface area contributed by atoms with E-state index in [1.54, 1.807) is 48.5 Å². The zero-order chi connectivity index (χ0) is 20.1. The Kier molecular flexibility index (Phi) is 5.11. The lowest BCUT2D eigenvalue weighted by molar-refractivity contribution is 0.101. The van der Waals surface area contributed by atoms with Gasteiger partial charge in [0.05, 0.1) is 5.69 Å². The quantitative estimate of drug-likeness (QED) is 0.549. The number of amides is 2. The zero-order valence-electron chi connectivity index (χ0n) is 15.3. The molecule has 1 heterocycles. The van der Waals surface area contributed by atoms with Crippen LogP contribution >= 0.6 is 0 Å². The Hall–Kier alpha value is -4.26. The van der Waals surface area contributed by atoms with Crippen molar-refractivity contribution in [2.24, 2.45) is 0 Å². The molecule has 142 valence electrons. The van der Waals surface area contributed by atoms with Gasteiger partial charge in [-0.15, -0.1) is 5.10 Å². The number of carbonyl (C=O) groups is 2. The molecule has 0 aliphatic heterocycles. The smallest absolute Gasteiger partial charge is 0.258 e. The second-order valence-electron chi connectivity index (χ2n) is 6.15. The van der Waals surface area contributed by atoms with Gasteiger partial charge in [0.25, 0.3) is 17.8 Å². The van der Waals surface area contributed by atoms with Gasteiger partial charge in [0.2, 0.25) is 5.95 Å². The van der Waals surface area contributed by atoms with Gasteiger partial charge in [-0.1, -0.05) is 54.6 Å². The third kappa shape index (κ3) is 4.19. The van der Waals surface area contributed by atoms with Crippen molar-refractivity contribution in [2.75, 3.05) is 10.6 Å². The van der Waals surface area contributed by atoms with E-state index in [1.165, 1.54) is 4.68 Å². The molecule has 2 amide bonds. The van der Waals surface area contributed by atoms with Crippen LogP contribution < -0.4 is 10.6 Å². The maximum absolute atomic E-state index is 12.6. The van der Waals surface area contributed by atoms with Crippen molar-refractivity contribution in [3.05, 3.63) is 102 Å². The summed E-state index contributed by atoms with van der Waals surface area (Å²) in [7, 11) is 0. The topological polar surface area (TPSA) is 88.9 Å². The number of hydrogen-bond acceptors (Lipinski definition) is 4. The molecule has 0 saturated carbocycles. The van der Waals surface area contributed by atoms with E-state index < -0.39 is 0 Å². The molecular weight excluding hydrogens is 366 g/mol. The first-order valence-corrected chi connectivity index (χ1v) is 8.96. The van der Waals surface area contributed by atoms with Gasteiger partial charge in [-0.2, -0.15) is 9.67 Å². The molecule has 29 heavy (non-hydrogen) atoms. The largest absolute Gasteiger partial charge is 0.290 e. The average Bonchev–Trinajstić information content (AvgIpc) is 3.17. The Morgan fingerprint density at radius 1 is 0.655 bits per heavy atom. The second-order valence-corrected chi connectivity index (χ2v) is 6.15. The average molecular weight is 383 g/mol. The van der Waals surface area contributed by atoms with Crippen LogP contribution in [-0.4, -0.2) is 26.6 Å². The van der Waals surface area contributed by atoms with Crippen LogP contribution in [0.15, 0.2) is 91.0 Å². The van der Waals surface area contributed by atoms with Gasteiger partial charge in [0, 0.05) is 11.1 Å². The summed E-state index contributed by atoms with van der Waals surface area (Å²) in [4.78, 5) is 29.3. The number of hydrogen-bond donors (Lipinski definition) is 2. The van der Waals surface area contributed by atoms with E-state index in [4.69, 9.17) is 0 Å². The molecule has 0 fully saturated rings. The monoisotopic (exact) mass is 383 g/mol. The van der Waals surface area contributed by atoms with Crippen LogP contribution in [0.5, 0.6) is 0 Å². The summed E-state index contributed by atoms with van der Waals surface area (Å²) < 4.78 is 1.47. The molecule has 0 aliphatic rings. The van der Waals surface area contributed by atoms with Crippen LogP contribution in [-0.2, 0) is 0 Å². The van der Waals surface area contributed by atoms with Gasteiger partial charge < -0.3 is 0 Å². The summed E-state index contributed by atoms with van der Waals surface area (Å²) in [5.41, 5.74) is 1.67. The highest BCUT2D eigenvalue weighted by Crippen LogP contribution is 2.17. The Morgan fingerprint density at radius 3 is 1.69 bits per heavy atom. The van der Waals surface area contributed by atoms with Gasteiger partial charge in [0.15, 0.2) is 0 Å². The number of nitrogens with one attached hydrogen (secondary N) is 2. The number of nitrogens with zero attached hydrogens (tertiary/aromatic N) is 3. The van der Waals surface area contributed by atoms with Crippen molar-refractivity contribution in [1.82, 2.24) is 14.8 Å². The van der Waals surface area contributed by atoms with E-state index in [1.807, 2.05) is 42.5 Å². The highest BCUT2D eigenvalue weighted by atomic mass is 16.2. The fourth-order valence-corrected chi connectivity index (χ4v) is 2.72. The number of para-hydroxylation sites is 1. The number of aromatic nitrogens is 3. The van der Waals surface area contributed by atoms with Crippen LogP contribution in [0.25, 0.3) is 5.69 Å². The van der Waals surface area contributed by atoms with E-state index >= 15 is 0 Å². The molecule has 0 bridgehead atoms. The summed E-state index contributed by atoms with van der Waals surface area (Å²) in [6.07, 6.45) is 0. The van der Waals surface area contributed by atoms with Gasteiger partial charge in [-0.05, 0) is 36.4 Å². The van der Waals surface area contributed by atoms with E-state index in [0.717, 1.165) is 0 Å². The third-order valence-corrected chi connectivity index (χ3v) is 4.13. The molecule has 2 N–H and O–H groups in total. The maximum Gasteiger partial charge on any atom is 0.258 e. The summed E-state index contributed by atoms with van der Waals surface area (Å²) in [5, 5.41) is 9.78. The molecule has 7 heteroatoms. The minimum Gasteiger partial charge on any atom is -0.290 e. The van der Waals surface area contributed by atoms with Gasteiger partial charge >= 0.3 is 0 Å². The molecule has 4 rings (SSSR count). The molecule has 0 unspecified atom stereocenters. The zero-order valence-corrected chi connectivity index (χ0v) is 15.3. The Balaban J connectivity index is 1.64. The number of anilines is 2.